The Bertz CT molecular complexity index is 1060. The number of carbonyl (C=O) groups excluding carboxylic acids is 1. The number of pyridine rings is 1. The molecule has 0 bridgehead atoms. The highest BCUT2D eigenvalue weighted by atomic mass is 19.1. The number of benzene rings is 1. The summed E-state index contributed by atoms with van der Waals surface area (Å²) in [6.45, 7) is 0.848. The van der Waals surface area contributed by atoms with Crippen LogP contribution in [0.15, 0.2) is 67.1 Å². The number of nitrogens with one attached hydrogen (secondary N) is 2. The van der Waals surface area contributed by atoms with E-state index in [0.717, 1.165) is 22.5 Å². The predicted octanol–water partition coefficient (Wildman–Crippen LogP) is 2.90. The number of hydrogen-bond acceptors (Lipinski definition) is 4. The first kappa shape index (κ1) is 17.6. The number of H-pyrrole nitrogens is 1. The predicted molar refractivity (Wildman–Crippen MR) is 102 cm³/mol. The molecule has 4 rings (SSSR count). The van der Waals surface area contributed by atoms with Gasteiger partial charge in [-0.1, -0.05) is 0 Å². The molecule has 0 unspecified atom stereocenters. The van der Waals surface area contributed by atoms with Crippen LogP contribution in [0.4, 0.5) is 4.39 Å². The second-order valence-corrected chi connectivity index (χ2v) is 6.11. The molecule has 2 N–H and O–H groups in total. The van der Waals surface area contributed by atoms with Crippen molar-refractivity contribution in [2.24, 2.45) is 0 Å². The summed E-state index contributed by atoms with van der Waals surface area (Å²) in [4.78, 5) is 16.2. The maximum Gasteiger partial charge on any atom is 0.269 e. The summed E-state index contributed by atoms with van der Waals surface area (Å²) in [5.74, 6) is -0.525. The van der Waals surface area contributed by atoms with Crippen LogP contribution in [0.3, 0.4) is 0 Å². The van der Waals surface area contributed by atoms with Crippen molar-refractivity contribution >= 4 is 5.91 Å². The van der Waals surface area contributed by atoms with Gasteiger partial charge in [-0.2, -0.15) is 10.2 Å². The van der Waals surface area contributed by atoms with Crippen molar-refractivity contribution in [2.75, 3.05) is 6.54 Å². The van der Waals surface area contributed by atoms with E-state index in [4.69, 9.17) is 0 Å². The van der Waals surface area contributed by atoms with Gasteiger partial charge in [0.15, 0.2) is 0 Å². The van der Waals surface area contributed by atoms with Gasteiger partial charge in [0.25, 0.3) is 5.91 Å². The van der Waals surface area contributed by atoms with E-state index in [1.807, 2.05) is 22.9 Å². The van der Waals surface area contributed by atoms with Gasteiger partial charge in [0.1, 0.15) is 11.5 Å². The molecular formula is C20H17FN6O. The quantitative estimate of drug-likeness (QED) is 0.542. The number of aromatic amines is 1. The van der Waals surface area contributed by atoms with Gasteiger partial charge in [-0.05, 0) is 48.5 Å². The Morgan fingerprint density at radius 2 is 1.96 bits per heavy atom. The fourth-order valence-electron chi connectivity index (χ4n) is 2.85. The maximum atomic E-state index is 13.2. The molecule has 0 atom stereocenters. The molecule has 140 valence electrons. The van der Waals surface area contributed by atoms with Crippen LogP contribution in [0.1, 0.15) is 10.5 Å². The molecule has 0 radical (unpaired) electrons. The zero-order valence-electron chi connectivity index (χ0n) is 14.8. The van der Waals surface area contributed by atoms with Gasteiger partial charge >= 0.3 is 0 Å². The van der Waals surface area contributed by atoms with Crippen molar-refractivity contribution in [3.8, 4) is 22.5 Å². The number of aromatic nitrogens is 5. The SMILES string of the molecule is O=C(NCCn1nc(-c2ccc(F)cc2)cc1-c1cccnc1)c1ccn[nH]1. The molecule has 1 amide bonds. The highest BCUT2D eigenvalue weighted by Crippen LogP contribution is 2.25. The fourth-order valence-corrected chi connectivity index (χ4v) is 2.85. The molecule has 0 saturated carbocycles. The van der Waals surface area contributed by atoms with E-state index >= 15 is 0 Å². The third-order valence-electron chi connectivity index (χ3n) is 4.23. The summed E-state index contributed by atoms with van der Waals surface area (Å²) < 4.78 is 15.0. The highest BCUT2D eigenvalue weighted by molar-refractivity contribution is 5.92. The average molecular weight is 376 g/mol. The molecule has 28 heavy (non-hydrogen) atoms. The Labute approximate surface area is 160 Å². The number of amides is 1. The van der Waals surface area contributed by atoms with Crippen molar-refractivity contribution < 1.29 is 9.18 Å². The van der Waals surface area contributed by atoms with Crippen LogP contribution in [0, 0.1) is 5.82 Å². The zero-order valence-corrected chi connectivity index (χ0v) is 14.8. The molecule has 0 aliphatic carbocycles. The van der Waals surface area contributed by atoms with Gasteiger partial charge in [0, 0.05) is 36.3 Å². The topological polar surface area (TPSA) is 88.5 Å². The summed E-state index contributed by atoms with van der Waals surface area (Å²) in [6.07, 6.45) is 4.98. The molecule has 0 saturated heterocycles. The van der Waals surface area contributed by atoms with Crippen LogP contribution in [0.2, 0.25) is 0 Å². The monoisotopic (exact) mass is 376 g/mol. The van der Waals surface area contributed by atoms with Crippen LogP contribution in [-0.2, 0) is 6.54 Å². The maximum absolute atomic E-state index is 13.2. The minimum atomic E-state index is -0.294. The van der Waals surface area contributed by atoms with E-state index in [-0.39, 0.29) is 11.7 Å². The molecule has 3 aromatic heterocycles. The molecule has 7 nitrogen and oxygen atoms in total. The van der Waals surface area contributed by atoms with E-state index in [0.29, 0.717) is 18.8 Å². The lowest BCUT2D eigenvalue weighted by Gasteiger charge is -2.08. The van der Waals surface area contributed by atoms with E-state index < -0.39 is 0 Å². The van der Waals surface area contributed by atoms with Gasteiger partial charge in [0.05, 0.1) is 17.9 Å². The number of halogens is 1. The Kier molecular flexibility index (Phi) is 4.92. The molecule has 0 spiro atoms. The lowest BCUT2D eigenvalue weighted by atomic mass is 10.1. The van der Waals surface area contributed by atoms with Gasteiger partial charge in [-0.15, -0.1) is 0 Å². The number of hydrogen-bond donors (Lipinski definition) is 2. The molecule has 0 aliphatic heterocycles. The van der Waals surface area contributed by atoms with E-state index in [2.05, 4.69) is 25.6 Å². The minimum absolute atomic E-state index is 0.230. The van der Waals surface area contributed by atoms with E-state index in [9.17, 15) is 9.18 Å². The average Bonchev–Trinajstić information content (AvgIpc) is 3.40. The molecule has 8 heteroatoms. The zero-order chi connectivity index (χ0) is 19.3. The van der Waals surface area contributed by atoms with Crippen LogP contribution < -0.4 is 5.32 Å². The molecule has 0 aliphatic rings. The smallest absolute Gasteiger partial charge is 0.269 e. The van der Waals surface area contributed by atoms with E-state index in [1.54, 1.807) is 30.6 Å². The van der Waals surface area contributed by atoms with Crippen LogP contribution in [0.5, 0.6) is 0 Å². The van der Waals surface area contributed by atoms with Crippen LogP contribution >= 0.6 is 0 Å². The van der Waals surface area contributed by atoms with Gasteiger partial charge < -0.3 is 5.32 Å². The summed E-state index contributed by atoms with van der Waals surface area (Å²) in [7, 11) is 0. The van der Waals surface area contributed by atoms with Gasteiger partial charge in [-0.3, -0.25) is 19.6 Å². The summed E-state index contributed by atoms with van der Waals surface area (Å²) in [5.41, 5.74) is 3.71. The summed E-state index contributed by atoms with van der Waals surface area (Å²) in [6, 6.07) is 13.5. The van der Waals surface area contributed by atoms with Crippen molar-refractivity contribution in [1.29, 1.82) is 0 Å². The van der Waals surface area contributed by atoms with Crippen molar-refractivity contribution in [3.05, 3.63) is 78.6 Å². The number of carbonyl (C=O) groups is 1. The first-order valence-corrected chi connectivity index (χ1v) is 8.72. The normalized spacial score (nSPS) is 10.8. The largest absolute Gasteiger partial charge is 0.349 e. The van der Waals surface area contributed by atoms with Crippen molar-refractivity contribution in [1.82, 2.24) is 30.3 Å². The Hall–Kier alpha value is -3.81. The standard InChI is InChI=1S/C20H17FN6O/c21-16-5-3-14(4-6-16)18-12-19(15-2-1-8-22-13-15)27(26-18)11-10-23-20(28)17-7-9-24-25-17/h1-9,12-13H,10-11H2,(H,23,28)(H,24,25). The summed E-state index contributed by atoms with van der Waals surface area (Å²) in [5, 5.41) is 13.9. The minimum Gasteiger partial charge on any atom is -0.349 e. The molecule has 3 heterocycles. The number of nitrogens with zero attached hydrogens (tertiary/aromatic N) is 4. The lowest BCUT2D eigenvalue weighted by Crippen LogP contribution is -2.28. The second-order valence-electron chi connectivity index (χ2n) is 6.11. The molecular weight excluding hydrogens is 359 g/mol. The Morgan fingerprint density at radius 1 is 1.11 bits per heavy atom. The third kappa shape index (κ3) is 3.80. The van der Waals surface area contributed by atoms with Crippen LogP contribution in [0.25, 0.3) is 22.5 Å². The second kappa shape index (κ2) is 7.83. The highest BCUT2D eigenvalue weighted by Gasteiger charge is 2.13. The van der Waals surface area contributed by atoms with Gasteiger partial charge in [0.2, 0.25) is 0 Å². The van der Waals surface area contributed by atoms with Crippen LogP contribution in [-0.4, -0.2) is 37.4 Å². The first-order chi connectivity index (χ1) is 13.7. The first-order valence-electron chi connectivity index (χ1n) is 8.72. The molecule has 1 aromatic carbocycles. The number of rotatable bonds is 6. The summed E-state index contributed by atoms with van der Waals surface area (Å²) >= 11 is 0. The lowest BCUT2D eigenvalue weighted by molar-refractivity contribution is 0.0947. The fraction of sp³-hybridized carbons (Fsp3) is 0.100. The molecule has 0 fully saturated rings. The van der Waals surface area contributed by atoms with Crippen molar-refractivity contribution in [2.45, 2.75) is 6.54 Å². The third-order valence-corrected chi connectivity index (χ3v) is 4.23. The Balaban J connectivity index is 1.57. The Morgan fingerprint density at radius 3 is 2.68 bits per heavy atom. The van der Waals surface area contributed by atoms with Gasteiger partial charge in [-0.25, -0.2) is 4.39 Å². The molecule has 4 aromatic rings. The van der Waals surface area contributed by atoms with E-state index in [1.165, 1.54) is 18.3 Å². The van der Waals surface area contributed by atoms with Crippen molar-refractivity contribution in [3.63, 3.8) is 0 Å².